The number of rotatable bonds is 3. The lowest BCUT2D eigenvalue weighted by Gasteiger charge is -2.53. The molecule has 4 nitrogen and oxygen atoms in total. The fourth-order valence-electron chi connectivity index (χ4n) is 4.44. The quantitative estimate of drug-likeness (QED) is 0.857. The smallest absolute Gasteiger partial charge is 0.0731 e. The zero-order chi connectivity index (χ0) is 14.2. The summed E-state index contributed by atoms with van der Waals surface area (Å²) >= 11 is 0. The highest BCUT2D eigenvalue weighted by Gasteiger charge is 2.48. The van der Waals surface area contributed by atoms with Gasteiger partial charge >= 0.3 is 0 Å². The Kier molecular flexibility index (Phi) is 4.37. The normalized spacial score (nSPS) is 42.9. The van der Waals surface area contributed by atoms with Crippen LogP contribution in [0.3, 0.4) is 0 Å². The lowest BCUT2D eigenvalue weighted by atomic mass is 9.80. The van der Waals surface area contributed by atoms with E-state index in [1.807, 2.05) is 0 Å². The molecule has 1 saturated carbocycles. The van der Waals surface area contributed by atoms with Gasteiger partial charge in [-0.25, -0.2) is 0 Å². The minimum atomic E-state index is 0.143. The summed E-state index contributed by atoms with van der Waals surface area (Å²) in [5, 5.41) is 0. The van der Waals surface area contributed by atoms with E-state index in [2.05, 4.69) is 18.7 Å². The number of ether oxygens (including phenoxy) is 2. The number of fused-ring (bicyclic) bond motifs is 1. The van der Waals surface area contributed by atoms with E-state index in [1.54, 1.807) is 0 Å². The molecule has 2 heterocycles. The van der Waals surface area contributed by atoms with E-state index in [0.717, 1.165) is 39.1 Å². The van der Waals surface area contributed by atoms with E-state index in [-0.39, 0.29) is 5.54 Å². The lowest BCUT2D eigenvalue weighted by Crippen LogP contribution is -2.65. The minimum Gasteiger partial charge on any atom is -0.378 e. The van der Waals surface area contributed by atoms with Crippen LogP contribution in [0.5, 0.6) is 0 Å². The minimum absolute atomic E-state index is 0.143. The number of hydrogen-bond donors (Lipinski definition) is 1. The first kappa shape index (κ1) is 14.8. The molecule has 2 saturated heterocycles. The molecule has 3 rings (SSSR count). The predicted octanol–water partition coefficient (Wildman–Crippen LogP) is 1.77. The van der Waals surface area contributed by atoms with Gasteiger partial charge in [0.15, 0.2) is 0 Å². The van der Waals surface area contributed by atoms with Crippen LogP contribution in [0.4, 0.5) is 0 Å². The average Bonchev–Trinajstić information content (AvgIpc) is 2.95. The molecule has 0 aromatic carbocycles. The monoisotopic (exact) mass is 282 g/mol. The van der Waals surface area contributed by atoms with Gasteiger partial charge in [-0.1, -0.05) is 13.8 Å². The third-order valence-electron chi connectivity index (χ3n) is 5.70. The molecule has 0 bridgehead atoms. The molecule has 0 spiro atoms. The van der Waals surface area contributed by atoms with Crippen molar-refractivity contribution in [2.75, 3.05) is 26.3 Å². The van der Waals surface area contributed by atoms with Crippen molar-refractivity contribution in [3.05, 3.63) is 0 Å². The van der Waals surface area contributed by atoms with Crippen LogP contribution < -0.4 is 5.73 Å². The molecule has 20 heavy (non-hydrogen) atoms. The maximum Gasteiger partial charge on any atom is 0.0731 e. The standard InChI is InChI=1S/C16H30N2O2/c1-12(2)15-10-16(11-17,6-8-19-15)18-7-9-20-14-5-3-4-13(14)18/h12-15H,3-11,17H2,1-2H3. The number of nitrogens with two attached hydrogens (primary N) is 1. The van der Waals surface area contributed by atoms with Crippen LogP contribution in [0.1, 0.15) is 46.0 Å². The Morgan fingerprint density at radius 2 is 2.10 bits per heavy atom. The summed E-state index contributed by atoms with van der Waals surface area (Å²) in [5.74, 6) is 0.571. The average molecular weight is 282 g/mol. The van der Waals surface area contributed by atoms with E-state index in [4.69, 9.17) is 15.2 Å². The van der Waals surface area contributed by atoms with Crippen molar-refractivity contribution in [3.8, 4) is 0 Å². The fraction of sp³-hybridized carbons (Fsp3) is 1.00. The van der Waals surface area contributed by atoms with Gasteiger partial charge < -0.3 is 15.2 Å². The van der Waals surface area contributed by atoms with Crippen molar-refractivity contribution >= 4 is 0 Å². The summed E-state index contributed by atoms with van der Waals surface area (Å²) in [6.45, 7) is 8.04. The molecule has 0 radical (unpaired) electrons. The molecule has 0 amide bonds. The topological polar surface area (TPSA) is 47.7 Å². The molecular formula is C16H30N2O2. The Hall–Kier alpha value is -0.160. The highest BCUT2D eigenvalue weighted by atomic mass is 16.5. The van der Waals surface area contributed by atoms with Crippen molar-refractivity contribution in [2.45, 2.75) is 69.7 Å². The van der Waals surface area contributed by atoms with Crippen LogP contribution in [-0.2, 0) is 9.47 Å². The molecule has 0 aromatic rings. The molecular weight excluding hydrogens is 252 g/mol. The van der Waals surface area contributed by atoms with Gasteiger partial charge in [0.05, 0.1) is 18.8 Å². The van der Waals surface area contributed by atoms with Crippen LogP contribution in [0.15, 0.2) is 0 Å². The highest BCUT2D eigenvalue weighted by molar-refractivity contribution is 5.03. The molecule has 2 N–H and O–H groups in total. The molecule has 2 aliphatic heterocycles. The second-order valence-corrected chi connectivity index (χ2v) is 7.14. The molecule has 0 aromatic heterocycles. The van der Waals surface area contributed by atoms with Crippen molar-refractivity contribution < 1.29 is 9.47 Å². The third-order valence-corrected chi connectivity index (χ3v) is 5.70. The summed E-state index contributed by atoms with van der Waals surface area (Å²) < 4.78 is 12.0. The molecule has 4 atom stereocenters. The number of morpholine rings is 1. The van der Waals surface area contributed by atoms with Crippen molar-refractivity contribution in [2.24, 2.45) is 11.7 Å². The van der Waals surface area contributed by atoms with Gasteiger partial charge in [-0.15, -0.1) is 0 Å². The Bertz CT molecular complexity index is 336. The second-order valence-electron chi connectivity index (χ2n) is 7.14. The largest absolute Gasteiger partial charge is 0.378 e. The summed E-state index contributed by atoms with van der Waals surface area (Å²) in [6.07, 6.45) is 6.78. The first-order valence-corrected chi connectivity index (χ1v) is 8.36. The van der Waals surface area contributed by atoms with Gasteiger partial charge in [-0.2, -0.15) is 0 Å². The van der Waals surface area contributed by atoms with E-state index >= 15 is 0 Å². The third kappa shape index (κ3) is 2.52. The van der Waals surface area contributed by atoms with Crippen molar-refractivity contribution in [1.82, 2.24) is 4.90 Å². The fourth-order valence-corrected chi connectivity index (χ4v) is 4.44. The van der Waals surface area contributed by atoms with Gasteiger partial charge in [0, 0.05) is 31.3 Å². The summed E-state index contributed by atoms with van der Waals surface area (Å²) in [5.41, 5.74) is 6.42. The summed E-state index contributed by atoms with van der Waals surface area (Å²) in [7, 11) is 0. The maximum atomic E-state index is 6.28. The SMILES string of the molecule is CC(C)C1CC(CN)(N2CCOC3CCCC32)CCO1. The Morgan fingerprint density at radius 3 is 2.85 bits per heavy atom. The van der Waals surface area contributed by atoms with Crippen LogP contribution >= 0.6 is 0 Å². The first-order chi connectivity index (χ1) is 9.66. The van der Waals surface area contributed by atoms with E-state index < -0.39 is 0 Å². The molecule has 116 valence electrons. The Labute approximate surface area is 123 Å². The van der Waals surface area contributed by atoms with Crippen LogP contribution in [-0.4, -0.2) is 55.0 Å². The highest BCUT2D eigenvalue weighted by Crippen LogP contribution is 2.40. The van der Waals surface area contributed by atoms with E-state index in [9.17, 15) is 0 Å². The van der Waals surface area contributed by atoms with E-state index in [0.29, 0.717) is 24.2 Å². The number of nitrogens with zero attached hydrogens (tertiary/aromatic N) is 1. The van der Waals surface area contributed by atoms with Gasteiger partial charge in [-0.05, 0) is 38.0 Å². The summed E-state index contributed by atoms with van der Waals surface area (Å²) in [6, 6.07) is 0.596. The molecule has 4 unspecified atom stereocenters. The lowest BCUT2D eigenvalue weighted by molar-refractivity contribution is -0.143. The molecule has 3 aliphatic rings. The Morgan fingerprint density at radius 1 is 1.25 bits per heavy atom. The van der Waals surface area contributed by atoms with Gasteiger partial charge in [0.25, 0.3) is 0 Å². The van der Waals surface area contributed by atoms with Crippen LogP contribution in [0.2, 0.25) is 0 Å². The number of hydrogen-bond acceptors (Lipinski definition) is 4. The van der Waals surface area contributed by atoms with Gasteiger partial charge in [0.2, 0.25) is 0 Å². The summed E-state index contributed by atoms with van der Waals surface area (Å²) in [4.78, 5) is 2.71. The van der Waals surface area contributed by atoms with Crippen LogP contribution in [0.25, 0.3) is 0 Å². The van der Waals surface area contributed by atoms with Crippen molar-refractivity contribution in [1.29, 1.82) is 0 Å². The first-order valence-electron chi connectivity index (χ1n) is 8.36. The van der Waals surface area contributed by atoms with Crippen molar-refractivity contribution in [3.63, 3.8) is 0 Å². The zero-order valence-electron chi connectivity index (χ0n) is 13.0. The zero-order valence-corrected chi connectivity index (χ0v) is 13.0. The van der Waals surface area contributed by atoms with Crippen LogP contribution in [0, 0.1) is 5.92 Å². The predicted molar refractivity (Wildman–Crippen MR) is 79.7 cm³/mol. The molecule has 1 aliphatic carbocycles. The van der Waals surface area contributed by atoms with E-state index in [1.165, 1.54) is 19.3 Å². The molecule has 3 fully saturated rings. The molecule has 4 heteroatoms. The maximum absolute atomic E-state index is 6.28. The second kappa shape index (κ2) is 5.91. The Balaban J connectivity index is 1.80. The van der Waals surface area contributed by atoms with Gasteiger partial charge in [0.1, 0.15) is 0 Å². The van der Waals surface area contributed by atoms with Gasteiger partial charge in [-0.3, -0.25) is 4.90 Å².